The Morgan fingerprint density at radius 2 is 1.83 bits per heavy atom. The average molecular weight is 390 g/mol. The maximum absolute atomic E-state index is 11.8. The molecule has 1 N–H and O–H groups in total. The Morgan fingerprint density at radius 1 is 1.07 bits per heavy atom. The van der Waals surface area contributed by atoms with Crippen LogP contribution in [-0.4, -0.2) is 29.7 Å². The van der Waals surface area contributed by atoms with Crippen molar-refractivity contribution in [2.45, 2.75) is 20.5 Å². The van der Waals surface area contributed by atoms with Gasteiger partial charge in [-0.2, -0.15) is 0 Å². The number of aryl methyl sites for hydroxylation is 1. The first kappa shape index (κ1) is 19.0. The molecule has 0 aliphatic carbocycles. The topological polar surface area (TPSA) is 73.4 Å². The van der Waals surface area contributed by atoms with Gasteiger partial charge in [0.2, 0.25) is 0 Å². The van der Waals surface area contributed by atoms with Crippen LogP contribution >= 0.6 is 0 Å². The van der Waals surface area contributed by atoms with Crippen molar-refractivity contribution in [2.75, 3.05) is 13.7 Å². The summed E-state index contributed by atoms with van der Waals surface area (Å²) in [6, 6.07) is 12.8. The van der Waals surface area contributed by atoms with Gasteiger partial charge < -0.3 is 19.2 Å². The van der Waals surface area contributed by atoms with Gasteiger partial charge in [-0.1, -0.05) is 0 Å². The largest absolute Gasteiger partial charge is 0.462 e. The van der Waals surface area contributed by atoms with E-state index in [0.717, 1.165) is 33.1 Å². The lowest BCUT2D eigenvalue weighted by Gasteiger charge is -2.08. The molecule has 0 fully saturated rings. The predicted molar refractivity (Wildman–Crippen MR) is 112 cm³/mol. The molecule has 148 valence electrons. The van der Waals surface area contributed by atoms with Crippen LogP contribution in [0.3, 0.4) is 0 Å². The number of ether oxygens (including phenoxy) is 3. The lowest BCUT2D eigenvalue weighted by atomic mass is 10.1. The highest BCUT2D eigenvalue weighted by molar-refractivity contribution is 6.09. The second-order valence-corrected chi connectivity index (χ2v) is 6.72. The minimum Gasteiger partial charge on any atom is -0.462 e. The van der Waals surface area contributed by atoms with Gasteiger partial charge in [0.05, 0.1) is 30.5 Å². The third kappa shape index (κ3) is 3.67. The van der Waals surface area contributed by atoms with Crippen molar-refractivity contribution in [2.24, 2.45) is 0 Å². The molecule has 4 aromatic rings. The first-order chi connectivity index (χ1) is 14.1. The predicted octanol–water partition coefficient (Wildman–Crippen LogP) is 5.14. The van der Waals surface area contributed by atoms with Crippen molar-refractivity contribution in [3.8, 4) is 11.5 Å². The fourth-order valence-electron chi connectivity index (χ4n) is 3.43. The van der Waals surface area contributed by atoms with E-state index in [0.29, 0.717) is 30.3 Å². The summed E-state index contributed by atoms with van der Waals surface area (Å²) in [7, 11) is 1.68. The summed E-state index contributed by atoms with van der Waals surface area (Å²) in [5, 5.41) is 2.15. The van der Waals surface area contributed by atoms with E-state index in [-0.39, 0.29) is 5.97 Å². The second kappa shape index (κ2) is 7.93. The van der Waals surface area contributed by atoms with E-state index in [1.807, 2.05) is 31.3 Å². The van der Waals surface area contributed by atoms with Crippen LogP contribution in [0.25, 0.3) is 21.8 Å². The summed E-state index contributed by atoms with van der Waals surface area (Å²) < 4.78 is 16.4. The van der Waals surface area contributed by atoms with Crippen LogP contribution in [0.15, 0.2) is 48.7 Å². The highest BCUT2D eigenvalue weighted by Crippen LogP contribution is 2.33. The molecule has 0 spiro atoms. The molecule has 29 heavy (non-hydrogen) atoms. The molecule has 0 aliphatic heterocycles. The summed E-state index contributed by atoms with van der Waals surface area (Å²) in [5.41, 5.74) is 4.48. The highest BCUT2D eigenvalue weighted by Gasteiger charge is 2.13. The van der Waals surface area contributed by atoms with Gasteiger partial charge in [0.25, 0.3) is 0 Å². The molecule has 6 nitrogen and oxygen atoms in total. The Kier molecular flexibility index (Phi) is 5.18. The number of nitrogens with one attached hydrogen (secondary N) is 1. The molecular formula is C23H22N2O4. The molecule has 0 unspecified atom stereocenters. The summed E-state index contributed by atoms with van der Waals surface area (Å²) >= 11 is 0. The van der Waals surface area contributed by atoms with Crippen LogP contribution in [0, 0.1) is 6.92 Å². The van der Waals surface area contributed by atoms with E-state index in [1.165, 1.54) is 0 Å². The monoisotopic (exact) mass is 390 g/mol. The van der Waals surface area contributed by atoms with Crippen molar-refractivity contribution < 1.29 is 19.0 Å². The molecule has 0 radical (unpaired) electrons. The van der Waals surface area contributed by atoms with Crippen LogP contribution in [0.2, 0.25) is 0 Å². The standard InChI is InChI=1S/C23H22N2O4/c1-4-28-23(26)15-5-7-16(8-6-15)29-17-9-10-20-18(11-17)22-19(13-27-3)14(2)24-12-21(22)25-20/h5-12,25H,4,13H2,1-3H3. The molecule has 0 saturated heterocycles. The summed E-state index contributed by atoms with van der Waals surface area (Å²) in [6.45, 7) is 4.61. The second-order valence-electron chi connectivity index (χ2n) is 6.72. The Labute approximate surface area is 168 Å². The van der Waals surface area contributed by atoms with Gasteiger partial charge in [-0.3, -0.25) is 4.98 Å². The third-order valence-electron chi connectivity index (χ3n) is 4.81. The van der Waals surface area contributed by atoms with Gasteiger partial charge in [-0.25, -0.2) is 4.79 Å². The number of rotatable bonds is 6. The first-order valence-corrected chi connectivity index (χ1v) is 9.44. The molecule has 0 saturated carbocycles. The molecule has 2 heterocycles. The number of fused-ring (bicyclic) bond motifs is 3. The molecule has 0 bridgehead atoms. The number of methoxy groups -OCH3 is 1. The lowest BCUT2D eigenvalue weighted by molar-refractivity contribution is 0.0526. The number of carbonyl (C=O) groups excluding carboxylic acids is 1. The SMILES string of the molecule is CCOC(=O)c1ccc(Oc2ccc3[nH]c4cnc(C)c(COC)c4c3c2)cc1. The van der Waals surface area contributed by atoms with Crippen LogP contribution in [-0.2, 0) is 16.1 Å². The van der Waals surface area contributed by atoms with E-state index in [9.17, 15) is 4.79 Å². The minimum absolute atomic E-state index is 0.339. The first-order valence-electron chi connectivity index (χ1n) is 9.44. The third-order valence-corrected chi connectivity index (χ3v) is 4.81. The van der Waals surface area contributed by atoms with Crippen LogP contribution < -0.4 is 4.74 Å². The molecular weight excluding hydrogens is 368 g/mol. The molecule has 0 aliphatic rings. The zero-order valence-electron chi connectivity index (χ0n) is 16.6. The van der Waals surface area contributed by atoms with Crippen molar-refractivity contribution in [3.63, 3.8) is 0 Å². The fraction of sp³-hybridized carbons (Fsp3) is 0.217. The van der Waals surface area contributed by atoms with E-state index in [2.05, 4.69) is 9.97 Å². The number of nitrogens with zero attached hydrogens (tertiary/aromatic N) is 1. The number of carbonyl (C=O) groups is 1. The number of hydrogen-bond acceptors (Lipinski definition) is 5. The van der Waals surface area contributed by atoms with Gasteiger partial charge in [0, 0.05) is 34.7 Å². The normalized spacial score (nSPS) is 11.1. The molecule has 6 heteroatoms. The van der Waals surface area contributed by atoms with Crippen molar-refractivity contribution in [1.29, 1.82) is 0 Å². The number of aromatic amines is 1. The molecule has 4 rings (SSSR count). The molecule has 0 amide bonds. The molecule has 2 aromatic carbocycles. The zero-order chi connectivity index (χ0) is 20.4. The van der Waals surface area contributed by atoms with Crippen molar-refractivity contribution in [3.05, 3.63) is 65.5 Å². The van der Waals surface area contributed by atoms with Gasteiger partial charge in [0.1, 0.15) is 11.5 Å². The Hall–Kier alpha value is -3.38. The zero-order valence-corrected chi connectivity index (χ0v) is 16.6. The van der Waals surface area contributed by atoms with Gasteiger partial charge in [0.15, 0.2) is 0 Å². The van der Waals surface area contributed by atoms with Gasteiger partial charge in [-0.15, -0.1) is 0 Å². The quantitative estimate of drug-likeness (QED) is 0.462. The minimum atomic E-state index is -0.339. The van der Waals surface area contributed by atoms with E-state index in [1.54, 1.807) is 38.3 Å². The Bertz CT molecular complexity index is 1180. The lowest BCUT2D eigenvalue weighted by Crippen LogP contribution is -2.03. The van der Waals surface area contributed by atoms with Crippen LogP contribution in [0.4, 0.5) is 0 Å². The van der Waals surface area contributed by atoms with E-state index in [4.69, 9.17) is 14.2 Å². The molecule has 0 atom stereocenters. The number of H-pyrrole nitrogens is 1. The maximum Gasteiger partial charge on any atom is 0.338 e. The van der Waals surface area contributed by atoms with Crippen LogP contribution in [0.5, 0.6) is 11.5 Å². The van der Waals surface area contributed by atoms with E-state index < -0.39 is 0 Å². The van der Waals surface area contributed by atoms with Crippen molar-refractivity contribution in [1.82, 2.24) is 9.97 Å². The summed E-state index contributed by atoms with van der Waals surface area (Å²) in [6.07, 6.45) is 1.85. The van der Waals surface area contributed by atoms with Crippen LogP contribution in [0.1, 0.15) is 28.5 Å². The maximum atomic E-state index is 11.8. The highest BCUT2D eigenvalue weighted by atomic mass is 16.5. The Balaban J connectivity index is 1.69. The smallest absolute Gasteiger partial charge is 0.338 e. The van der Waals surface area contributed by atoms with E-state index >= 15 is 0 Å². The Morgan fingerprint density at radius 3 is 2.55 bits per heavy atom. The number of esters is 1. The number of benzene rings is 2. The number of aromatic nitrogens is 2. The number of pyridine rings is 1. The summed E-state index contributed by atoms with van der Waals surface area (Å²) in [5.74, 6) is 1.02. The van der Waals surface area contributed by atoms with Gasteiger partial charge in [-0.05, 0) is 56.3 Å². The molecule has 2 aromatic heterocycles. The van der Waals surface area contributed by atoms with Gasteiger partial charge >= 0.3 is 5.97 Å². The van der Waals surface area contributed by atoms with Crippen molar-refractivity contribution >= 4 is 27.8 Å². The summed E-state index contributed by atoms with van der Waals surface area (Å²) in [4.78, 5) is 19.7. The fourth-order valence-corrected chi connectivity index (χ4v) is 3.43. The average Bonchev–Trinajstić information content (AvgIpc) is 3.09. The number of hydrogen-bond donors (Lipinski definition) is 1.